The molecule has 0 unspecified atom stereocenters. The normalized spacial score (nSPS) is 12.1. The fraction of sp³-hybridized carbons (Fsp3) is 0.333. The summed E-state index contributed by atoms with van der Waals surface area (Å²) in [6, 6.07) is 5.01. The summed E-state index contributed by atoms with van der Waals surface area (Å²) in [5, 5.41) is 0.690. The molecule has 1 aromatic carbocycles. The van der Waals surface area contributed by atoms with E-state index in [0.717, 1.165) is 10.0 Å². The number of rotatable bonds is 3. The highest BCUT2D eigenvalue weighted by Crippen LogP contribution is 2.24. The second kappa shape index (κ2) is 4.95. The van der Waals surface area contributed by atoms with Crippen LogP contribution in [0.3, 0.4) is 0 Å². The summed E-state index contributed by atoms with van der Waals surface area (Å²) in [5.74, 6) is 0. The molecule has 0 radical (unpaired) electrons. The first-order chi connectivity index (χ1) is 6.89. The molecule has 0 aromatic heterocycles. The lowest BCUT2D eigenvalue weighted by atomic mass is 10.2. The Labute approximate surface area is 107 Å². The van der Waals surface area contributed by atoms with E-state index >= 15 is 0 Å². The van der Waals surface area contributed by atoms with Crippen molar-refractivity contribution < 1.29 is 8.42 Å². The molecule has 84 valence electrons. The van der Waals surface area contributed by atoms with Crippen molar-refractivity contribution in [2.45, 2.75) is 10.2 Å². The standard InChI is InChI=1S/C9H11Br2NO2S/c1-12(2)15(13,14)8-4-3-7(6-10)9(11)5-8/h3-5H,6H2,1-2H3. The summed E-state index contributed by atoms with van der Waals surface area (Å²) in [6.07, 6.45) is 0. The van der Waals surface area contributed by atoms with Crippen molar-refractivity contribution in [1.82, 2.24) is 4.31 Å². The van der Waals surface area contributed by atoms with Crippen molar-refractivity contribution in [2.24, 2.45) is 0 Å². The molecule has 6 heteroatoms. The van der Waals surface area contributed by atoms with Crippen LogP contribution in [0.1, 0.15) is 5.56 Å². The predicted octanol–water partition coefficient (Wildman–Crippen LogP) is 2.59. The molecule has 0 heterocycles. The van der Waals surface area contributed by atoms with Gasteiger partial charge in [-0.1, -0.05) is 37.9 Å². The van der Waals surface area contributed by atoms with Crippen molar-refractivity contribution in [1.29, 1.82) is 0 Å². The van der Waals surface area contributed by atoms with Gasteiger partial charge in [0.25, 0.3) is 0 Å². The number of alkyl halides is 1. The highest BCUT2D eigenvalue weighted by atomic mass is 79.9. The van der Waals surface area contributed by atoms with Gasteiger partial charge in [-0.2, -0.15) is 0 Å². The summed E-state index contributed by atoms with van der Waals surface area (Å²) < 4.78 is 25.5. The topological polar surface area (TPSA) is 37.4 Å². The van der Waals surface area contributed by atoms with E-state index in [2.05, 4.69) is 31.9 Å². The first-order valence-electron chi connectivity index (χ1n) is 4.16. The van der Waals surface area contributed by atoms with Crippen molar-refractivity contribution in [3.63, 3.8) is 0 Å². The first-order valence-corrected chi connectivity index (χ1v) is 7.52. The number of hydrogen-bond acceptors (Lipinski definition) is 2. The summed E-state index contributed by atoms with van der Waals surface area (Å²) >= 11 is 6.66. The van der Waals surface area contributed by atoms with Crippen LogP contribution in [-0.2, 0) is 15.4 Å². The Kier molecular flexibility index (Phi) is 4.34. The number of nitrogens with zero attached hydrogens (tertiary/aromatic N) is 1. The van der Waals surface area contributed by atoms with Gasteiger partial charge < -0.3 is 0 Å². The molecule has 0 aliphatic carbocycles. The van der Waals surface area contributed by atoms with Gasteiger partial charge in [-0.15, -0.1) is 0 Å². The van der Waals surface area contributed by atoms with Crippen molar-refractivity contribution in [2.75, 3.05) is 14.1 Å². The van der Waals surface area contributed by atoms with Crippen LogP contribution in [0.25, 0.3) is 0 Å². The highest BCUT2D eigenvalue weighted by Gasteiger charge is 2.17. The van der Waals surface area contributed by atoms with E-state index in [1.165, 1.54) is 18.4 Å². The van der Waals surface area contributed by atoms with Crippen LogP contribution in [0.4, 0.5) is 0 Å². The molecule has 0 fully saturated rings. The maximum Gasteiger partial charge on any atom is 0.242 e. The Morgan fingerprint density at radius 2 is 1.93 bits per heavy atom. The quantitative estimate of drug-likeness (QED) is 0.780. The van der Waals surface area contributed by atoms with Crippen LogP contribution < -0.4 is 0 Å². The van der Waals surface area contributed by atoms with E-state index < -0.39 is 10.0 Å². The van der Waals surface area contributed by atoms with Crippen LogP contribution in [-0.4, -0.2) is 26.8 Å². The van der Waals surface area contributed by atoms with Gasteiger partial charge in [0.1, 0.15) is 0 Å². The van der Waals surface area contributed by atoms with Crippen molar-refractivity contribution >= 4 is 41.9 Å². The average molecular weight is 357 g/mol. The van der Waals surface area contributed by atoms with E-state index in [9.17, 15) is 8.42 Å². The molecule has 0 aliphatic rings. The maximum absolute atomic E-state index is 11.8. The molecule has 1 rings (SSSR count). The molecule has 0 saturated heterocycles. The van der Waals surface area contributed by atoms with Gasteiger partial charge in [-0.25, -0.2) is 12.7 Å². The number of sulfonamides is 1. The molecule has 0 amide bonds. The minimum atomic E-state index is -3.34. The minimum Gasteiger partial charge on any atom is -0.207 e. The third-order valence-corrected chi connectivity index (χ3v) is 5.10. The van der Waals surface area contributed by atoms with E-state index in [1.807, 2.05) is 0 Å². The molecule has 1 aromatic rings. The van der Waals surface area contributed by atoms with Crippen molar-refractivity contribution in [3.8, 4) is 0 Å². The Hall–Kier alpha value is 0.0900. The van der Waals surface area contributed by atoms with Crippen LogP contribution in [0.5, 0.6) is 0 Å². The molecule has 0 aliphatic heterocycles. The molecular formula is C9H11Br2NO2S. The van der Waals surface area contributed by atoms with E-state index in [0.29, 0.717) is 10.2 Å². The zero-order valence-corrected chi connectivity index (χ0v) is 12.4. The molecule has 0 atom stereocenters. The second-order valence-corrected chi connectivity index (χ2v) is 6.74. The monoisotopic (exact) mass is 355 g/mol. The predicted molar refractivity (Wildman–Crippen MR) is 67.6 cm³/mol. The minimum absolute atomic E-state index is 0.295. The molecule has 0 bridgehead atoms. The Balaban J connectivity index is 3.25. The van der Waals surface area contributed by atoms with Gasteiger partial charge in [0.15, 0.2) is 0 Å². The van der Waals surface area contributed by atoms with Crippen LogP contribution >= 0.6 is 31.9 Å². The molecule has 15 heavy (non-hydrogen) atoms. The third-order valence-electron chi connectivity index (χ3n) is 1.95. The van der Waals surface area contributed by atoms with Crippen LogP contribution in [0, 0.1) is 0 Å². The van der Waals surface area contributed by atoms with Crippen LogP contribution in [0.15, 0.2) is 27.6 Å². The largest absolute Gasteiger partial charge is 0.242 e. The zero-order valence-electron chi connectivity index (χ0n) is 8.37. The fourth-order valence-corrected chi connectivity index (χ4v) is 3.47. The second-order valence-electron chi connectivity index (χ2n) is 3.17. The first kappa shape index (κ1) is 13.2. The summed E-state index contributed by atoms with van der Waals surface area (Å²) in [4.78, 5) is 0.295. The lowest BCUT2D eigenvalue weighted by molar-refractivity contribution is 0.520. The van der Waals surface area contributed by atoms with Crippen LogP contribution in [0.2, 0.25) is 0 Å². The lowest BCUT2D eigenvalue weighted by Gasteiger charge is -2.12. The number of benzene rings is 1. The Morgan fingerprint density at radius 1 is 1.33 bits per heavy atom. The molecule has 0 saturated carbocycles. The average Bonchev–Trinajstić information content (AvgIpc) is 2.17. The summed E-state index contributed by atoms with van der Waals surface area (Å²) in [6.45, 7) is 0. The van der Waals surface area contributed by atoms with E-state index in [1.54, 1.807) is 18.2 Å². The van der Waals surface area contributed by atoms with Gasteiger partial charge in [-0.3, -0.25) is 0 Å². The molecule has 0 spiro atoms. The van der Waals surface area contributed by atoms with Gasteiger partial charge in [0.05, 0.1) is 4.90 Å². The number of hydrogen-bond donors (Lipinski definition) is 0. The Morgan fingerprint density at radius 3 is 2.33 bits per heavy atom. The highest BCUT2D eigenvalue weighted by molar-refractivity contribution is 9.10. The molecule has 0 N–H and O–H groups in total. The SMILES string of the molecule is CN(C)S(=O)(=O)c1ccc(CBr)c(Br)c1. The van der Waals surface area contributed by atoms with E-state index in [4.69, 9.17) is 0 Å². The van der Waals surface area contributed by atoms with Gasteiger partial charge in [0.2, 0.25) is 10.0 Å². The van der Waals surface area contributed by atoms with Crippen molar-refractivity contribution in [3.05, 3.63) is 28.2 Å². The fourth-order valence-electron chi connectivity index (χ4n) is 1.01. The third kappa shape index (κ3) is 2.81. The number of halogens is 2. The Bertz CT molecular complexity index is 457. The van der Waals surface area contributed by atoms with E-state index in [-0.39, 0.29) is 0 Å². The molecule has 3 nitrogen and oxygen atoms in total. The summed E-state index contributed by atoms with van der Waals surface area (Å²) in [5.41, 5.74) is 1.02. The van der Waals surface area contributed by atoms with Gasteiger partial charge in [0, 0.05) is 23.9 Å². The van der Waals surface area contributed by atoms with Gasteiger partial charge in [-0.05, 0) is 17.7 Å². The van der Waals surface area contributed by atoms with Gasteiger partial charge >= 0.3 is 0 Å². The lowest BCUT2D eigenvalue weighted by Crippen LogP contribution is -2.22. The zero-order chi connectivity index (χ0) is 11.6. The smallest absolute Gasteiger partial charge is 0.207 e. The summed E-state index contributed by atoms with van der Waals surface area (Å²) in [7, 11) is -0.305. The maximum atomic E-state index is 11.8. The molecular weight excluding hydrogens is 346 g/mol.